The van der Waals surface area contributed by atoms with Crippen LogP contribution in [0.5, 0.6) is 0 Å². The maximum atomic E-state index is 13.0. The van der Waals surface area contributed by atoms with Crippen molar-refractivity contribution in [3.05, 3.63) is 66.8 Å². The van der Waals surface area contributed by atoms with Crippen LogP contribution in [0, 0.1) is 0 Å². The average molecular weight is 320 g/mol. The molecular weight excluding hydrogens is 304 g/mol. The highest BCUT2D eigenvalue weighted by Crippen LogP contribution is 2.31. The monoisotopic (exact) mass is 320 g/mol. The summed E-state index contributed by atoms with van der Waals surface area (Å²) < 4.78 is 1.78. The molecule has 0 bridgehead atoms. The Morgan fingerprint density at radius 1 is 1.17 bits per heavy atom. The average Bonchev–Trinajstić information content (AvgIpc) is 3.34. The van der Waals surface area contributed by atoms with E-state index < -0.39 is 0 Å². The summed E-state index contributed by atoms with van der Waals surface area (Å²) in [6, 6.07) is 9.39. The largest absolute Gasteiger partial charge is 0.330 e. The summed E-state index contributed by atoms with van der Waals surface area (Å²) >= 11 is 0. The predicted molar refractivity (Wildman–Crippen MR) is 86.4 cm³/mol. The van der Waals surface area contributed by atoms with E-state index in [0.717, 1.165) is 30.8 Å². The number of aromatic nitrogens is 5. The van der Waals surface area contributed by atoms with E-state index in [1.165, 1.54) is 6.33 Å². The van der Waals surface area contributed by atoms with E-state index in [2.05, 4.69) is 20.2 Å². The van der Waals surface area contributed by atoms with Gasteiger partial charge in [-0.3, -0.25) is 9.36 Å². The van der Waals surface area contributed by atoms with Gasteiger partial charge < -0.3 is 4.90 Å². The van der Waals surface area contributed by atoms with E-state index in [1.54, 1.807) is 23.4 Å². The Morgan fingerprint density at radius 3 is 2.83 bits per heavy atom. The quantitative estimate of drug-likeness (QED) is 0.738. The number of hydrogen-bond donors (Lipinski definition) is 0. The smallest absolute Gasteiger partial charge is 0.254 e. The number of likely N-dealkylation sites (tertiary alicyclic amines) is 1. The molecule has 0 unspecified atom stereocenters. The lowest BCUT2D eigenvalue weighted by atomic mass is 10.1. The first-order valence-corrected chi connectivity index (χ1v) is 7.85. The highest BCUT2D eigenvalue weighted by Gasteiger charge is 2.31. The predicted octanol–water partition coefficient (Wildman–Crippen LogP) is 2.03. The second kappa shape index (κ2) is 6.19. The van der Waals surface area contributed by atoms with Gasteiger partial charge in [-0.15, -0.1) is 10.2 Å². The van der Waals surface area contributed by atoms with Crippen LogP contribution in [0.25, 0.3) is 5.69 Å². The zero-order valence-corrected chi connectivity index (χ0v) is 13.0. The zero-order chi connectivity index (χ0) is 16.4. The molecule has 24 heavy (non-hydrogen) atoms. The van der Waals surface area contributed by atoms with E-state index in [9.17, 15) is 4.79 Å². The molecule has 0 spiro atoms. The van der Waals surface area contributed by atoms with Gasteiger partial charge in [0.05, 0.1) is 11.7 Å². The summed E-state index contributed by atoms with van der Waals surface area (Å²) in [5.74, 6) is 0.0195. The summed E-state index contributed by atoms with van der Waals surface area (Å²) in [6.45, 7) is 0.740. The third-order valence-electron chi connectivity index (χ3n) is 4.27. The Kier molecular flexibility index (Phi) is 3.74. The first-order chi connectivity index (χ1) is 11.8. The van der Waals surface area contributed by atoms with Crippen molar-refractivity contribution in [3.8, 4) is 5.69 Å². The molecule has 0 radical (unpaired) electrons. The van der Waals surface area contributed by atoms with Gasteiger partial charge in [-0.2, -0.15) is 0 Å². The van der Waals surface area contributed by atoms with Gasteiger partial charge in [-0.25, -0.2) is 9.97 Å². The minimum Gasteiger partial charge on any atom is -0.330 e. The standard InChI is InChI=1S/C17H16N6O/c24-17(13-3-1-4-14(9-13)22-11-20-21-12-22)23-8-2-5-16(23)15-6-7-18-10-19-15/h1,3-4,6-7,9-12,16H,2,5,8H2/t16-/m1/s1. The van der Waals surface area contributed by atoms with E-state index >= 15 is 0 Å². The summed E-state index contributed by atoms with van der Waals surface area (Å²) in [4.78, 5) is 23.2. The molecule has 1 aliphatic heterocycles. The molecular formula is C17H16N6O. The molecule has 1 atom stereocenters. The highest BCUT2D eigenvalue weighted by molar-refractivity contribution is 5.95. The van der Waals surface area contributed by atoms with Crippen molar-refractivity contribution in [1.82, 2.24) is 29.6 Å². The molecule has 1 amide bonds. The maximum absolute atomic E-state index is 13.0. The van der Waals surface area contributed by atoms with Gasteiger partial charge >= 0.3 is 0 Å². The maximum Gasteiger partial charge on any atom is 0.254 e. The Labute approximate surface area is 139 Å². The Morgan fingerprint density at radius 2 is 2.04 bits per heavy atom. The van der Waals surface area contributed by atoms with Crippen LogP contribution >= 0.6 is 0 Å². The van der Waals surface area contributed by atoms with Gasteiger partial charge in [0, 0.05) is 24.0 Å². The third kappa shape index (κ3) is 2.64. The van der Waals surface area contributed by atoms with Crippen molar-refractivity contribution in [2.24, 2.45) is 0 Å². The zero-order valence-electron chi connectivity index (χ0n) is 13.0. The number of carbonyl (C=O) groups excluding carboxylic acids is 1. The van der Waals surface area contributed by atoms with Crippen LogP contribution in [0.3, 0.4) is 0 Å². The number of hydrogen-bond acceptors (Lipinski definition) is 5. The lowest BCUT2D eigenvalue weighted by Gasteiger charge is -2.24. The number of rotatable bonds is 3. The minimum atomic E-state index is 0.0130. The van der Waals surface area contributed by atoms with Crippen LogP contribution in [-0.2, 0) is 0 Å². The molecule has 0 N–H and O–H groups in total. The second-order valence-electron chi connectivity index (χ2n) is 5.71. The molecule has 1 saturated heterocycles. The van der Waals surface area contributed by atoms with Crippen LogP contribution in [0.15, 0.2) is 55.5 Å². The molecule has 0 saturated carbocycles. The fourth-order valence-corrected chi connectivity index (χ4v) is 3.11. The molecule has 7 nitrogen and oxygen atoms in total. The van der Waals surface area contributed by atoms with E-state index in [4.69, 9.17) is 0 Å². The van der Waals surface area contributed by atoms with Crippen LogP contribution in [0.1, 0.15) is 34.9 Å². The SMILES string of the molecule is O=C(c1cccc(-n2cnnc2)c1)N1CCC[C@@H]1c1ccncn1. The molecule has 1 fully saturated rings. The first-order valence-electron chi connectivity index (χ1n) is 7.85. The van der Waals surface area contributed by atoms with Crippen LogP contribution in [0.4, 0.5) is 0 Å². The van der Waals surface area contributed by atoms with Gasteiger partial charge in [0.25, 0.3) is 5.91 Å². The normalized spacial score (nSPS) is 17.2. The molecule has 0 aliphatic carbocycles. The molecule has 1 aromatic carbocycles. The van der Waals surface area contributed by atoms with E-state index in [-0.39, 0.29) is 11.9 Å². The van der Waals surface area contributed by atoms with Crippen molar-refractivity contribution in [2.45, 2.75) is 18.9 Å². The van der Waals surface area contributed by atoms with Gasteiger partial charge in [0.1, 0.15) is 19.0 Å². The Bertz CT molecular complexity index is 833. The molecule has 3 heterocycles. The van der Waals surface area contributed by atoms with Gasteiger partial charge in [-0.1, -0.05) is 6.07 Å². The Balaban J connectivity index is 1.62. The summed E-state index contributed by atoms with van der Waals surface area (Å²) in [7, 11) is 0. The molecule has 7 heteroatoms. The van der Waals surface area contributed by atoms with E-state index in [1.807, 2.05) is 35.2 Å². The van der Waals surface area contributed by atoms with Crippen molar-refractivity contribution < 1.29 is 4.79 Å². The molecule has 1 aliphatic rings. The van der Waals surface area contributed by atoms with Crippen LogP contribution in [0.2, 0.25) is 0 Å². The number of carbonyl (C=O) groups is 1. The Hall–Kier alpha value is -3.09. The topological polar surface area (TPSA) is 76.8 Å². The van der Waals surface area contributed by atoms with Crippen molar-refractivity contribution in [3.63, 3.8) is 0 Å². The number of nitrogens with zero attached hydrogens (tertiary/aromatic N) is 6. The fraction of sp³-hybridized carbons (Fsp3) is 0.235. The summed E-state index contributed by atoms with van der Waals surface area (Å²) in [5, 5.41) is 7.61. The van der Waals surface area contributed by atoms with Crippen LogP contribution in [-0.4, -0.2) is 42.1 Å². The molecule has 2 aromatic heterocycles. The van der Waals surface area contributed by atoms with Crippen molar-refractivity contribution in [2.75, 3.05) is 6.54 Å². The molecule has 3 aromatic rings. The van der Waals surface area contributed by atoms with Crippen molar-refractivity contribution in [1.29, 1.82) is 0 Å². The number of benzene rings is 1. The summed E-state index contributed by atoms with van der Waals surface area (Å²) in [6.07, 6.45) is 8.38. The molecule has 120 valence electrons. The number of amides is 1. The second-order valence-corrected chi connectivity index (χ2v) is 5.71. The fourth-order valence-electron chi connectivity index (χ4n) is 3.11. The lowest BCUT2D eigenvalue weighted by molar-refractivity contribution is 0.0733. The summed E-state index contributed by atoms with van der Waals surface area (Å²) in [5.41, 5.74) is 2.41. The highest BCUT2D eigenvalue weighted by atomic mass is 16.2. The van der Waals surface area contributed by atoms with Gasteiger partial charge in [0.2, 0.25) is 0 Å². The lowest BCUT2D eigenvalue weighted by Crippen LogP contribution is -2.31. The van der Waals surface area contributed by atoms with E-state index in [0.29, 0.717) is 5.56 Å². The van der Waals surface area contributed by atoms with Crippen LogP contribution < -0.4 is 0 Å². The molecule has 4 rings (SSSR count). The van der Waals surface area contributed by atoms with Gasteiger partial charge in [-0.05, 0) is 37.1 Å². The van der Waals surface area contributed by atoms with Crippen molar-refractivity contribution >= 4 is 5.91 Å². The third-order valence-corrected chi connectivity index (χ3v) is 4.27. The van der Waals surface area contributed by atoms with Gasteiger partial charge in [0.15, 0.2) is 0 Å². The minimum absolute atomic E-state index is 0.0130. The first kappa shape index (κ1) is 14.5.